The largest absolute Gasteiger partial charge is 0.367 e. The molecule has 1 saturated carbocycles. The van der Waals surface area contributed by atoms with Gasteiger partial charge in [0.25, 0.3) is 0 Å². The van der Waals surface area contributed by atoms with Crippen LogP contribution in [0.15, 0.2) is 54.7 Å². The Morgan fingerprint density at radius 3 is 2.65 bits per heavy atom. The lowest BCUT2D eigenvalue weighted by molar-refractivity contribution is -0.121. The zero-order valence-corrected chi connectivity index (χ0v) is 19.9. The molecule has 0 radical (unpaired) electrons. The van der Waals surface area contributed by atoms with E-state index in [0.717, 1.165) is 48.3 Å². The number of amides is 1. The molecule has 0 bridgehead atoms. The molecule has 4 rings (SSSR count). The van der Waals surface area contributed by atoms with E-state index in [9.17, 15) is 9.18 Å². The minimum Gasteiger partial charge on any atom is -0.367 e. The summed E-state index contributed by atoms with van der Waals surface area (Å²) in [5.74, 6) is 1.73. The van der Waals surface area contributed by atoms with Crippen molar-refractivity contribution in [2.45, 2.75) is 44.7 Å². The van der Waals surface area contributed by atoms with Crippen molar-refractivity contribution in [3.8, 4) is 11.3 Å². The summed E-state index contributed by atoms with van der Waals surface area (Å²) in [5, 5.41) is 10.00. The molecule has 8 heteroatoms. The van der Waals surface area contributed by atoms with Crippen LogP contribution in [0.5, 0.6) is 0 Å². The molecule has 178 valence electrons. The van der Waals surface area contributed by atoms with E-state index in [1.807, 2.05) is 30.3 Å². The van der Waals surface area contributed by atoms with Gasteiger partial charge in [-0.2, -0.15) is 0 Å². The Morgan fingerprint density at radius 1 is 1.09 bits per heavy atom. The van der Waals surface area contributed by atoms with E-state index in [0.29, 0.717) is 35.8 Å². The van der Waals surface area contributed by atoms with E-state index in [2.05, 4.69) is 20.9 Å². The first-order valence-electron chi connectivity index (χ1n) is 11.6. The Morgan fingerprint density at radius 2 is 1.88 bits per heavy atom. The normalized spacial score (nSPS) is 17.7. The summed E-state index contributed by atoms with van der Waals surface area (Å²) in [6.07, 6.45) is 6.28. The number of anilines is 2. The zero-order chi connectivity index (χ0) is 23.9. The van der Waals surface area contributed by atoms with Crippen molar-refractivity contribution in [2.24, 2.45) is 5.92 Å². The van der Waals surface area contributed by atoms with Crippen LogP contribution in [-0.4, -0.2) is 29.0 Å². The van der Waals surface area contributed by atoms with Gasteiger partial charge in [0, 0.05) is 37.8 Å². The van der Waals surface area contributed by atoms with Gasteiger partial charge in [0.15, 0.2) is 0 Å². The third kappa shape index (κ3) is 6.44. The van der Waals surface area contributed by atoms with Gasteiger partial charge in [-0.25, -0.2) is 14.4 Å². The van der Waals surface area contributed by atoms with Crippen LogP contribution in [0.25, 0.3) is 11.3 Å². The van der Waals surface area contributed by atoms with Crippen LogP contribution in [-0.2, 0) is 11.3 Å². The summed E-state index contributed by atoms with van der Waals surface area (Å²) in [7, 11) is 1.68. The van der Waals surface area contributed by atoms with Gasteiger partial charge in [-0.1, -0.05) is 29.8 Å². The number of halogens is 2. The average Bonchev–Trinajstić information content (AvgIpc) is 2.85. The molecule has 2 aromatic heterocycles. The third-order valence-electron chi connectivity index (χ3n) is 6.19. The minimum atomic E-state index is -0.260. The van der Waals surface area contributed by atoms with Crippen LogP contribution in [0, 0.1) is 11.7 Å². The second-order valence-electron chi connectivity index (χ2n) is 8.68. The fraction of sp³-hybridized carbons (Fsp3) is 0.346. The third-order valence-corrected chi connectivity index (χ3v) is 6.50. The molecule has 1 aliphatic rings. The number of pyridine rings is 2. The summed E-state index contributed by atoms with van der Waals surface area (Å²) in [5.41, 5.74) is 2.36. The van der Waals surface area contributed by atoms with Gasteiger partial charge >= 0.3 is 0 Å². The highest BCUT2D eigenvalue weighted by Crippen LogP contribution is 2.32. The van der Waals surface area contributed by atoms with Crippen LogP contribution in [0.4, 0.5) is 16.0 Å². The van der Waals surface area contributed by atoms with Gasteiger partial charge in [-0.15, -0.1) is 0 Å². The van der Waals surface area contributed by atoms with E-state index in [1.54, 1.807) is 19.3 Å². The zero-order valence-electron chi connectivity index (χ0n) is 19.2. The lowest BCUT2D eigenvalue weighted by atomic mass is 9.84. The van der Waals surface area contributed by atoms with Gasteiger partial charge in [0.05, 0.1) is 10.7 Å². The standard InChI is InChI=1S/C26H29ClFN5O/c1-29-26(34)13-17-8-10-20(11-9-17)32-25-14-21(22(27)16-31-25)23-6-3-7-24(33-23)30-15-18-4-2-5-19(28)12-18/h2-7,12,14,16-17,20H,8-11,13,15H2,1H3,(H,29,34)(H,30,33)(H,31,32). The topological polar surface area (TPSA) is 78.9 Å². The fourth-order valence-electron chi connectivity index (χ4n) is 4.32. The second kappa shape index (κ2) is 11.3. The first-order valence-corrected chi connectivity index (χ1v) is 12.0. The molecule has 6 nitrogen and oxygen atoms in total. The molecule has 3 aromatic rings. The van der Waals surface area contributed by atoms with Crippen molar-refractivity contribution in [2.75, 3.05) is 17.7 Å². The summed E-state index contributed by atoms with van der Waals surface area (Å²) in [4.78, 5) is 20.8. The maximum atomic E-state index is 13.4. The SMILES string of the molecule is CNC(=O)CC1CCC(Nc2cc(-c3cccc(NCc4cccc(F)c4)n3)c(Cl)cn2)CC1. The molecular weight excluding hydrogens is 453 g/mol. The molecule has 0 spiro atoms. The summed E-state index contributed by atoms with van der Waals surface area (Å²) in [6.45, 7) is 0.466. The van der Waals surface area contributed by atoms with Crippen LogP contribution >= 0.6 is 11.6 Å². The van der Waals surface area contributed by atoms with Gasteiger partial charge in [0.2, 0.25) is 5.91 Å². The van der Waals surface area contributed by atoms with Crippen molar-refractivity contribution in [1.29, 1.82) is 0 Å². The molecular formula is C26H29ClFN5O. The number of benzene rings is 1. The van der Waals surface area contributed by atoms with Crippen LogP contribution < -0.4 is 16.0 Å². The smallest absolute Gasteiger partial charge is 0.220 e. The molecule has 0 atom stereocenters. The number of nitrogens with zero attached hydrogens (tertiary/aromatic N) is 2. The highest BCUT2D eigenvalue weighted by Gasteiger charge is 2.23. The van der Waals surface area contributed by atoms with Crippen LogP contribution in [0.3, 0.4) is 0 Å². The van der Waals surface area contributed by atoms with Crippen molar-refractivity contribution in [1.82, 2.24) is 15.3 Å². The lowest BCUT2D eigenvalue weighted by Crippen LogP contribution is -2.29. The fourth-order valence-corrected chi connectivity index (χ4v) is 4.52. The van der Waals surface area contributed by atoms with Crippen LogP contribution in [0.1, 0.15) is 37.7 Å². The maximum absolute atomic E-state index is 13.4. The quantitative estimate of drug-likeness (QED) is 0.387. The first-order chi connectivity index (χ1) is 16.5. The van der Waals surface area contributed by atoms with Gasteiger partial charge in [0.1, 0.15) is 17.5 Å². The predicted octanol–water partition coefficient (Wildman–Crippen LogP) is 5.66. The van der Waals surface area contributed by atoms with E-state index in [4.69, 9.17) is 16.6 Å². The van der Waals surface area contributed by atoms with Crippen molar-refractivity contribution in [3.63, 3.8) is 0 Å². The van der Waals surface area contributed by atoms with E-state index < -0.39 is 0 Å². The highest BCUT2D eigenvalue weighted by atomic mass is 35.5. The van der Waals surface area contributed by atoms with E-state index >= 15 is 0 Å². The molecule has 1 fully saturated rings. The van der Waals surface area contributed by atoms with Crippen molar-refractivity contribution >= 4 is 29.1 Å². The Hall–Kier alpha value is -3.19. The number of hydrogen-bond acceptors (Lipinski definition) is 5. The van der Waals surface area contributed by atoms with Crippen molar-refractivity contribution in [3.05, 3.63) is 71.1 Å². The molecule has 2 heterocycles. The summed E-state index contributed by atoms with van der Waals surface area (Å²) >= 11 is 6.47. The Labute approximate surface area is 204 Å². The van der Waals surface area contributed by atoms with Gasteiger partial charge in [-0.3, -0.25) is 4.79 Å². The van der Waals surface area contributed by atoms with Crippen LogP contribution in [0.2, 0.25) is 5.02 Å². The number of aromatic nitrogens is 2. The number of carbonyl (C=O) groups excluding carboxylic acids is 1. The Kier molecular flexibility index (Phi) is 7.95. The number of carbonyl (C=O) groups is 1. The highest BCUT2D eigenvalue weighted by molar-refractivity contribution is 6.33. The maximum Gasteiger partial charge on any atom is 0.220 e. The number of hydrogen-bond donors (Lipinski definition) is 3. The van der Waals surface area contributed by atoms with Gasteiger partial charge in [-0.05, 0) is 67.5 Å². The molecule has 1 aliphatic carbocycles. The summed E-state index contributed by atoms with van der Waals surface area (Å²) in [6, 6.07) is 14.4. The van der Waals surface area contributed by atoms with Gasteiger partial charge < -0.3 is 16.0 Å². The molecule has 3 N–H and O–H groups in total. The number of nitrogens with one attached hydrogen (secondary N) is 3. The predicted molar refractivity (Wildman–Crippen MR) is 134 cm³/mol. The Bertz CT molecular complexity index is 1130. The summed E-state index contributed by atoms with van der Waals surface area (Å²) < 4.78 is 13.4. The minimum absolute atomic E-state index is 0.112. The average molecular weight is 482 g/mol. The molecule has 0 aliphatic heterocycles. The molecule has 1 amide bonds. The lowest BCUT2D eigenvalue weighted by Gasteiger charge is -2.29. The Balaban J connectivity index is 1.40. The first kappa shape index (κ1) is 24.0. The molecule has 0 unspecified atom stereocenters. The van der Waals surface area contributed by atoms with E-state index in [1.165, 1.54) is 12.1 Å². The monoisotopic (exact) mass is 481 g/mol. The molecule has 34 heavy (non-hydrogen) atoms. The second-order valence-corrected chi connectivity index (χ2v) is 9.09. The van der Waals surface area contributed by atoms with E-state index in [-0.39, 0.29) is 11.7 Å². The molecule has 1 aromatic carbocycles. The van der Waals surface area contributed by atoms with Crippen molar-refractivity contribution < 1.29 is 9.18 Å². The molecule has 0 saturated heterocycles. The number of rotatable bonds is 8.